The lowest BCUT2D eigenvalue weighted by Crippen LogP contribution is -1.91. The lowest BCUT2D eigenvalue weighted by Gasteiger charge is -2.07. The minimum absolute atomic E-state index is 0.0587. The van der Waals surface area contributed by atoms with Crippen LogP contribution in [0.3, 0.4) is 0 Å². The second kappa shape index (κ2) is 3.78. The normalized spacial score (nSPS) is 10.0. The zero-order valence-corrected chi connectivity index (χ0v) is 7.85. The summed E-state index contributed by atoms with van der Waals surface area (Å²) >= 11 is 5.91. The third kappa shape index (κ3) is 1.71. The molecule has 0 saturated carbocycles. The third-order valence-electron chi connectivity index (χ3n) is 1.71. The Labute approximate surface area is 76.7 Å². The van der Waals surface area contributed by atoms with Crippen molar-refractivity contribution in [3.63, 3.8) is 0 Å². The predicted molar refractivity (Wildman–Crippen MR) is 48.7 cm³/mol. The van der Waals surface area contributed by atoms with Crippen LogP contribution in [-0.4, -0.2) is 12.2 Å². The van der Waals surface area contributed by atoms with Crippen molar-refractivity contribution in [3.8, 4) is 5.75 Å². The fourth-order valence-electron chi connectivity index (χ4n) is 1.04. The van der Waals surface area contributed by atoms with Gasteiger partial charge in [0, 0.05) is 5.02 Å². The van der Waals surface area contributed by atoms with Gasteiger partial charge in [0.1, 0.15) is 5.75 Å². The Kier molecular flexibility index (Phi) is 2.95. The molecule has 0 aliphatic carbocycles. The van der Waals surface area contributed by atoms with Gasteiger partial charge in [-0.1, -0.05) is 11.6 Å². The maximum Gasteiger partial charge on any atom is 0.119 e. The summed E-state index contributed by atoms with van der Waals surface area (Å²) in [4.78, 5) is 0. The highest BCUT2D eigenvalue weighted by Gasteiger charge is 2.04. The highest BCUT2D eigenvalue weighted by Crippen LogP contribution is 2.26. The molecule has 0 saturated heterocycles. The molecule has 1 N–H and O–H groups in total. The average Bonchev–Trinajstić information content (AvgIpc) is 2.09. The highest BCUT2D eigenvalue weighted by molar-refractivity contribution is 6.32. The standard InChI is InChI=1S/C9H11ClO2/c1-6-3-8(12-2)4-7(5-11)9(6)10/h3-4,11H,5H2,1-2H3. The largest absolute Gasteiger partial charge is 0.497 e. The van der Waals surface area contributed by atoms with Gasteiger partial charge in [0.25, 0.3) is 0 Å². The first kappa shape index (κ1) is 9.36. The summed E-state index contributed by atoms with van der Waals surface area (Å²) in [7, 11) is 1.59. The second-order valence-electron chi connectivity index (χ2n) is 2.58. The zero-order chi connectivity index (χ0) is 9.14. The molecular formula is C9H11ClO2. The van der Waals surface area contributed by atoms with Gasteiger partial charge in [-0.3, -0.25) is 0 Å². The van der Waals surface area contributed by atoms with Crippen LogP contribution < -0.4 is 4.74 Å². The Morgan fingerprint density at radius 2 is 2.17 bits per heavy atom. The number of aryl methyl sites for hydroxylation is 1. The Morgan fingerprint density at radius 1 is 1.50 bits per heavy atom. The Hall–Kier alpha value is -0.730. The third-order valence-corrected chi connectivity index (χ3v) is 2.25. The van der Waals surface area contributed by atoms with Gasteiger partial charge in [-0.2, -0.15) is 0 Å². The molecule has 0 heterocycles. The van der Waals surface area contributed by atoms with Crippen LogP contribution in [0.1, 0.15) is 11.1 Å². The van der Waals surface area contributed by atoms with Gasteiger partial charge in [0.2, 0.25) is 0 Å². The topological polar surface area (TPSA) is 29.5 Å². The van der Waals surface area contributed by atoms with E-state index < -0.39 is 0 Å². The fraction of sp³-hybridized carbons (Fsp3) is 0.333. The van der Waals surface area contributed by atoms with Crippen molar-refractivity contribution in [2.75, 3.05) is 7.11 Å². The molecular weight excluding hydrogens is 176 g/mol. The molecule has 0 aromatic heterocycles. The van der Waals surface area contributed by atoms with E-state index in [0.717, 1.165) is 11.3 Å². The number of benzene rings is 1. The van der Waals surface area contributed by atoms with Crippen LogP contribution in [-0.2, 0) is 6.61 Å². The van der Waals surface area contributed by atoms with Gasteiger partial charge in [0.05, 0.1) is 13.7 Å². The van der Waals surface area contributed by atoms with Gasteiger partial charge in [-0.25, -0.2) is 0 Å². The molecule has 0 radical (unpaired) electrons. The predicted octanol–water partition coefficient (Wildman–Crippen LogP) is 2.15. The van der Waals surface area contributed by atoms with E-state index in [-0.39, 0.29) is 6.61 Å². The zero-order valence-electron chi connectivity index (χ0n) is 7.10. The van der Waals surface area contributed by atoms with Crippen molar-refractivity contribution < 1.29 is 9.84 Å². The van der Waals surface area contributed by atoms with E-state index in [9.17, 15) is 0 Å². The molecule has 0 fully saturated rings. The van der Waals surface area contributed by atoms with Crippen LogP contribution in [0, 0.1) is 6.92 Å². The second-order valence-corrected chi connectivity index (χ2v) is 2.95. The molecule has 0 amide bonds. The van der Waals surface area contributed by atoms with Crippen LogP contribution in [0.4, 0.5) is 0 Å². The molecule has 2 nitrogen and oxygen atoms in total. The maximum atomic E-state index is 8.92. The summed E-state index contributed by atoms with van der Waals surface area (Å²) in [6.07, 6.45) is 0. The van der Waals surface area contributed by atoms with Gasteiger partial charge < -0.3 is 9.84 Å². The van der Waals surface area contributed by atoms with Crippen molar-refractivity contribution in [1.82, 2.24) is 0 Å². The van der Waals surface area contributed by atoms with E-state index in [1.54, 1.807) is 13.2 Å². The van der Waals surface area contributed by atoms with E-state index in [1.807, 2.05) is 13.0 Å². The van der Waals surface area contributed by atoms with Crippen molar-refractivity contribution in [1.29, 1.82) is 0 Å². The number of halogens is 1. The molecule has 0 spiro atoms. The summed E-state index contributed by atoms with van der Waals surface area (Å²) in [6.45, 7) is 1.82. The van der Waals surface area contributed by atoms with E-state index in [4.69, 9.17) is 21.4 Å². The minimum Gasteiger partial charge on any atom is -0.497 e. The first-order valence-corrected chi connectivity index (χ1v) is 4.00. The first-order chi connectivity index (χ1) is 5.69. The molecule has 66 valence electrons. The number of ether oxygens (including phenoxy) is 1. The molecule has 12 heavy (non-hydrogen) atoms. The molecule has 1 aromatic rings. The monoisotopic (exact) mass is 186 g/mol. The number of aliphatic hydroxyl groups excluding tert-OH is 1. The molecule has 1 aromatic carbocycles. The number of hydrogen-bond acceptors (Lipinski definition) is 2. The van der Waals surface area contributed by atoms with E-state index in [2.05, 4.69) is 0 Å². The Morgan fingerprint density at radius 3 is 2.67 bits per heavy atom. The van der Waals surface area contributed by atoms with Gasteiger partial charge in [0.15, 0.2) is 0 Å². The molecule has 0 bridgehead atoms. The summed E-state index contributed by atoms with van der Waals surface area (Å²) in [5, 5.41) is 9.53. The van der Waals surface area contributed by atoms with Crippen molar-refractivity contribution in [2.24, 2.45) is 0 Å². The smallest absolute Gasteiger partial charge is 0.119 e. The molecule has 0 aliphatic rings. The van der Waals surface area contributed by atoms with Crippen LogP contribution in [0.25, 0.3) is 0 Å². The number of hydrogen-bond donors (Lipinski definition) is 1. The number of aliphatic hydroxyl groups is 1. The van der Waals surface area contributed by atoms with Gasteiger partial charge >= 0.3 is 0 Å². The van der Waals surface area contributed by atoms with E-state index >= 15 is 0 Å². The van der Waals surface area contributed by atoms with Gasteiger partial charge in [-0.15, -0.1) is 0 Å². The number of methoxy groups -OCH3 is 1. The van der Waals surface area contributed by atoms with E-state index in [0.29, 0.717) is 10.6 Å². The molecule has 0 atom stereocenters. The van der Waals surface area contributed by atoms with E-state index in [1.165, 1.54) is 0 Å². The summed E-state index contributed by atoms with van der Waals surface area (Å²) in [5.41, 5.74) is 1.62. The SMILES string of the molecule is COc1cc(C)c(Cl)c(CO)c1. The number of rotatable bonds is 2. The fourth-order valence-corrected chi connectivity index (χ4v) is 1.21. The lowest BCUT2D eigenvalue weighted by atomic mass is 10.1. The first-order valence-electron chi connectivity index (χ1n) is 3.63. The Bertz CT molecular complexity index is 284. The molecule has 3 heteroatoms. The maximum absolute atomic E-state index is 8.92. The van der Waals surface area contributed by atoms with Crippen molar-refractivity contribution in [2.45, 2.75) is 13.5 Å². The van der Waals surface area contributed by atoms with Crippen molar-refractivity contribution >= 4 is 11.6 Å². The quantitative estimate of drug-likeness (QED) is 0.767. The van der Waals surface area contributed by atoms with Crippen LogP contribution in [0.15, 0.2) is 12.1 Å². The van der Waals surface area contributed by atoms with Crippen molar-refractivity contribution in [3.05, 3.63) is 28.3 Å². The lowest BCUT2D eigenvalue weighted by molar-refractivity contribution is 0.281. The highest BCUT2D eigenvalue weighted by atomic mass is 35.5. The van der Waals surface area contributed by atoms with Crippen LogP contribution in [0.5, 0.6) is 5.75 Å². The summed E-state index contributed by atoms with van der Waals surface area (Å²) in [5.74, 6) is 0.723. The molecule has 1 rings (SSSR count). The summed E-state index contributed by atoms with van der Waals surface area (Å²) < 4.78 is 5.02. The molecule has 0 unspecified atom stereocenters. The molecule has 0 aliphatic heterocycles. The summed E-state index contributed by atoms with van der Waals surface area (Å²) in [6, 6.07) is 3.57. The van der Waals surface area contributed by atoms with Crippen LogP contribution in [0.2, 0.25) is 5.02 Å². The van der Waals surface area contributed by atoms with Gasteiger partial charge in [-0.05, 0) is 30.2 Å². The average molecular weight is 187 g/mol. The Balaban J connectivity index is 3.19. The van der Waals surface area contributed by atoms with Crippen LogP contribution >= 0.6 is 11.6 Å². The minimum atomic E-state index is -0.0587.